The molecule has 0 bridgehead atoms. The highest BCUT2D eigenvalue weighted by Gasteiger charge is 2.26. The van der Waals surface area contributed by atoms with Crippen LogP contribution in [-0.2, 0) is 0 Å². The molecule has 0 saturated carbocycles. The van der Waals surface area contributed by atoms with Crippen molar-refractivity contribution < 1.29 is 4.52 Å². The van der Waals surface area contributed by atoms with E-state index in [1.54, 1.807) is 0 Å². The van der Waals surface area contributed by atoms with Crippen molar-refractivity contribution in [1.82, 2.24) is 25.0 Å². The first-order valence-electron chi connectivity index (χ1n) is 9.40. The van der Waals surface area contributed by atoms with Gasteiger partial charge in [0.15, 0.2) is 0 Å². The molecule has 146 valence electrons. The van der Waals surface area contributed by atoms with Crippen LogP contribution in [0.5, 0.6) is 0 Å². The van der Waals surface area contributed by atoms with E-state index in [1.807, 2.05) is 25.1 Å². The number of hydrogen-bond acceptors (Lipinski definition) is 7. The predicted molar refractivity (Wildman–Crippen MR) is 108 cm³/mol. The Morgan fingerprint density at radius 3 is 2.39 bits per heavy atom. The summed E-state index contributed by atoms with van der Waals surface area (Å²) in [4.78, 5) is 17.8. The van der Waals surface area contributed by atoms with Crippen LogP contribution >= 0.6 is 11.6 Å². The fraction of sp³-hybridized carbons (Fsp3) is 0.400. The van der Waals surface area contributed by atoms with E-state index < -0.39 is 0 Å². The number of aromatic nitrogens is 4. The lowest BCUT2D eigenvalue weighted by Crippen LogP contribution is -2.47. The van der Waals surface area contributed by atoms with Crippen molar-refractivity contribution in [2.75, 3.05) is 31.1 Å². The number of rotatable bonds is 4. The molecule has 2 aromatic heterocycles. The molecule has 3 heterocycles. The Labute approximate surface area is 169 Å². The van der Waals surface area contributed by atoms with Crippen molar-refractivity contribution in [1.29, 1.82) is 0 Å². The standard InChI is InChI=1S/C20H23ClN6O/c1-13-4-6-16(7-5-13)19-24-20(28-25-19)14(2)26-8-10-27(11-9-26)18-12-17(21)22-15(3)23-18/h4-7,12,14H,8-11H2,1-3H3. The number of nitrogens with zero attached hydrogens (tertiary/aromatic N) is 6. The van der Waals surface area contributed by atoms with Gasteiger partial charge in [0.25, 0.3) is 0 Å². The summed E-state index contributed by atoms with van der Waals surface area (Å²) in [6.45, 7) is 9.49. The maximum atomic E-state index is 6.07. The maximum Gasteiger partial charge on any atom is 0.244 e. The molecule has 0 N–H and O–H groups in total. The molecular weight excluding hydrogens is 376 g/mol. The van der Waals surface area contributed by atoms with Gasteiger partial charge in [0.1, 0.15) is 16.8 Å². The van der Waals surface area contributed by atoms with Crippen LogP contribution in [0, 0.1) is 13.8 Å². The zero-order valence-electron chi connectivity index (χ0n) is 16.3. The molecule has 4 rings (SSSR count). The Morgan fingerprint density at radius 1 is 1.00 bits per heavy atom. The van der Waals surface area contributed by atoms with Gasteiger partial charge in [-0.15, -0.1) is 0 Å². The fourth-order valence-corrected chi connectivity index (χ4v) is 3.62. The monoisotopic (exact) mass is 398 g/mol. The van der Waals surface area contributed by atoms with E-state index in [4.69, 9.17) is 16.1 Å². The van der Waals surface area contributed by atoms with Crippen LogP contribution in [0.25, 0.3) is 11.4 Å². The molecule has 1 aromatic carbocycles. The summed E-state index contributed by atoms with van der Waals surface area (Å²) in [5, 5.41) is 4.64. The molecular formula is C20H23ClN6O. The lowest BCUT2D eigenvalue weighted by atomic mass is 10.1. The minimum atomic E-state index is 0.0598. The second kappa shape index (κ2) is 7.85. The zero-order chi connectivity index (χ0) is 19.7. The van der Waals surface area contributed by atoms with Crippen LogP contribution in [0.3, 0.4) is 0 Å². The Balaban J connectivity index is 1.41. The molecule has 1 atom stereocenters. The molecule has 1 unspecified atom stereocenters. The average molecular weight is 399 g/mol. The van der Waals surface area contributed by atoms with Crippen LogP contribution in [-0.4, -0.2) is 51.2 Å². The number of aryl methyl sites for hydroxylation is 2. The zero-order valence-corrected chi connectivity index (χ0v) is 17.0. The smallest absolute Gasteiger partial charge is 0.244 e. The third kappa shape index (κ3) is 4.00. The van der Waals surface area contributed by atoms with Crippen molar-refractivity contribution in [3.63, 3.8) is 0 Å². The summed E-state index contributed by atoms with van der Waals surface area (Å²) in [5.74, 6) is 2.84. The van der Waals surface area contributed by atoms with Crippen LogP contribution in [0.1, 0.15) is 30.2 Å². The van der Waals surface area contributed by atoms with E-state index >= 15 is 0 Å². The topological polar surface area (TPSA) is 71.2 Å². The van der Waals surface area contributed by atoms with Gasteiger partial charge in [0.2, 0.25) is 11.7 Å². The highest BCUT2D eigenvalue weighted by atomic mass is 35.5. The molecule has 1 saturated heterocycles. The number of hydrogen-bond donors (Lipinski definition) is 0. The third-order valence-corrected chi connectivity index (χ3v) is 5.28. The fourth-order valence-electron chi connectivity index (χ4n) is 3.40. The Kier molecular flexibility index (Phi) is 5.28. The molecule has 1 aliphatic rings. The molecule has 3 aromatic rings. The van der Waals surface area contributed by atoms with E-state index in [0.717, 1.165) is 37.6 Å². The molecule has 8 heteroatoms. The first-order chi connectivity index (χ1) is 13.5. The van der Waals surface area contributed by atoms with Gasteiger partial charge in [0.05, 0.1) is 6.04 Å². The summed E-state index contributed by atoms with van der Waals surface area (Å²) < 4.78 is 5.55. The van der Waals surface area contributed by atoms with E-state index in [2.05, 4.69) is 55.9 Å². The number of piperazine rings is 1. The van der Waals surface area contributed by atoms with Crippen molar-refractivity contribution in [3.05, 3.63) is 52.8 Å². The van der Waals surface area contributed by atoms with Gasteiger partial charge in [-0.25, -0.2) is 9.97 Å². The van der Waals surface area contributed by atoms with Crippen molar-refractivity contribution >= 4 is 17.4 Å². The van der Waals surface area contributed by atoms with Gasteiger partial charge >= 0.3 is 0 Å². The highest BCUT2D eigenvalue weighted by molar-refractivity contribution is 6.29. The van der Waals surface area contributed by atoms with Crippen LogP contribution in [0.15, 0.2) is 34.9 Å². The van der Waals surface area contributed by atoms with Crippen LogP contribution in [0.2, 0.25) is 5.15 Å². The SMILES string of the molecule is Cc1ccc(-c2noc(C(C)N3CCN(c4cc(Cl)nc(C)n4)CC3)n2)cc1. The average Bonchev–Trinajstić information content (AvgIpc) is 3.17. The van der Waals surface area contributed by atoms with Crippen LogP contribution in [0.4, 0.5) is 5.82 Å². The molecule has 0 aliphatic carbocycles. The van der Waals surface area contributed by atoms with E-state index in [0.29, 0.717) is 22.7 Å². The summed E-state index contributed by atoms with van der Waals surface area (Å²) in [7, 11) is 0. The first kappa shape index (κ1) is 18.8. The van der Waals surface area contributed by atoms with E-state index in [9.17, 15) is 0 Å². The Bertz CT molecular complexity index is 929. The minimum Gasteiger partial charge on any atom is -0.354 e. The minimum absolute atomic E-state index is 0.0598. The van der Waals surface area contributed by atoms with Crippen molar-refractivity contribution in [3.8, 4) is 11.4 Å². The normalized spacial score (nSPS) is 16.4. The molecule has 28 heavy (non-hydrogen) atoms. The van der Waals surface area contributed by atoms with Gasteiger partial charge in [-0.1, -0.05) is 46.6 Å². The number of halogens is 1. The molecule has 0 amide bonds. The van der Waals surface area contributed by atoms with Crippen LogP contribution < -0.4 is 4.90 Å². The molecule has 1 aliphatic heterocycles. The first-order valence-corrected chi connectivity index (χ1v) is 9.78. The quantitative estimate of drug-likeness (QED) is 0.620. The Morgan fingerprint density at radius 2 is 1.71 bits per heavy atom. The highest BCUT2D eigenvalue weighted by Crippen LogP contribution is 2.25. The van der Waals surface area contributed by atoms with Gasteiger partial charge in [-0.2, -0.15) is 4.98 Å². The molecule has 0 radical (unpaired) electrons. The van der Waals surface area contributed by atoms with Gasteiger partial charge in [0, 0.05) is 37.8 Å². The van der Waals surface area contributed by atoms with Crippen molar-refractivity contribution in [2.45, 2.75) is 26.8 Å². The number of anilines is 1. The molecule has 7 nitrogen and oxygen atoms in total. The number of benzene rings is 1. The lowest BCUT2D eigenvalue weighted by Gasteiger charge is -2.37. The summed E-state index contributed by atoms with van der Waals surface area (Å²) >= 11 is 6.07. The summed E-state index contributed by atoms with van der Waals surface area (Å²) in [6.07, 6.45) is 0. The summed E-state index contributed by atoms with van der Waals surface area (Å²) in [6, 6.07) is 10.0. The Hall–Kier alpha value is -2.51. The molecule has 0 spiro atoms. The second-order valence-corrected chi connectivity index (χ2v) is 7.50. The second-order valence-electron chi connectivity index (χ2n) is 7.12. The molecule has 1 fully saturated rings. The van der Waals surface area contributed by atoms with Crippen molar-refractivity contribution in [2.24, 2.45) is 0 Å². The largest absolute Gasteiger partial charge is 0.354 e. The maximum absolute atomic E-state index is 6.07. The lowest BCUT2D eigenvalue weighted by molar-refractivity contribution is 0.164. The van der Waals surface area contributed by atoms with Gasteiger partial charge < -0.3 is 9.42 Å². The third-order valence-electron chi connectivity index (χ3n) is 5.09. The van der Waals surface area contributed by atoms with E-state index in [-0.39, 0.29) is 6.04 Å². The van der Waals surface area contributed by atoms with Gasteiger partial charge in [-0.05, 0) is 20.8 Å². The summed E-state index contributed by atoms with van der Waals surface area (Å²) in [5.41, 5.74) is 2.17. The predicted octanol–water partition coefficient (Wildman–Crippen LogP) is 3.68. The van der Waals surface area contributed by atoms with Gasteiger partial charge in [-0.3, -0.25) is 4.90 Å². The van der Waals surface area contributed by atoms with E-state index in [1.165, 1.54) is 5.56 Å².